The van der Waals surface area contributed by atoms with Crippen molar-refractivity contribution in [3.63, 3.8) is 0 Å². The average molecular weight is 1550 g/mol. The Morgan fingerprint density at radius 3 is 1.33 bits per heavy atom. The predicted octanol–water partition coefficient (Wildman–Crippen LogP) is 16.4. The van der Waals surface area contributed by atoms with E-state index >= 15 is 4.39 Å². The predicted molar refractivity (Wildman–Crippen MR) is 444 cm³/mol. The van der Waals surface area contributed by atoms with Crippen LogP contribution in [-0.2, 0) is 35.1 Å². The van der Waals surface area contributed by atoms with E-state index in [0.717, 1.165) is 66.8 Å². The molecule has 0 radical (unpaired) electrons. The summed E-state index contributed by atoms with van der Waals surface area (Å²) in [5.41, 5.74) is 31.7. The minimum absolute atomic E-state index is 0.0439. The highest BCUT2D eigenvalue weighted by Gasteiger charge is 2.28. The maximum absolute atomic E-state index is 15.1. The summed E-state index contributed by atoms with van der Waals surface area (Å²) in [4.78, 5) is 77.6. The summed E-state index contributed by atoms with van der Waals surface area (Å²) in [5, 5.41) is 41.4. The minimum atomic E-state index is -0.757. The molecule has 9 heterocycles. The standard InChI is InChI=1S/C28H28N8O2.C27H28ClN9O.C27H26FN7OS/c1-16-6-12-19(13-7-16)36-21(14-20(33-36)28(2,3)4)32-27(38)24(37)18-10-8-17(9-11-18)23-22-25(29)30-15-31-26(22)35(5)34-23;1-15-6-9-17(10-7-15)37-21(13-20(34-37)27(2,3)4)33-26(38)32-16-8-11-18(19(28)12-16)23-22-24(29)30-14-31-25(22)36(5)35-23;1-15-5-8-17(9-6-15)35-22(12-21(34-35)27(2,3)4)33-26(36)32-20-10-7-16(11-19(20)28)18-13-37-25-23(18)24(29)30-14-31-25/h6-15H,1-5H3,(H,32,38)(H2,29,30,31);6-14H,1-5H3,(H2,29,30,31)(H2,32,33,38);5-14H,1-4H3,(H2,29,30,31)(H2,32,33,36). The Morgan fingerprint density at radius 2 is 0.867 bits per heavy atom. The Morgan fingerprint density at radius 1 is 0.442 bits per heavy atom. The number of amides is 5. The molecule has 113 heavy (non-hydrogen) atoms. The molecule has 0 bridgehead atoms. The molecule has 0 saturated carbocycles. The molecule has 574 valence electrons. The van der Waals surface area contributed by atoms with E-state index < -0.39 is 29.6 Å². The fourth-order valence-electron chi connectivity index (χ4n) is 12.1. The van der Waals surface area contributed by atoms with Gasteiger partial charge in [0.05, 0.1) is 61.0 Å². The Kier molecular flexibility index (Phi) is 21.3. The number of nitrogens with one attached hydrogen (secondary N) is 5. The van der Waals surface area contributed by atoms with E-state index in [1.807, 2.05) is 153 Å². The third kappa shape index (κ3) is 16.8. The van der Waals surface area contributed by atoms with Crippen LogP contribution in [0.1, 0.15) is 106 Å². The molecule has 11 N–H and O–H groups in total. The molecular formula is C82H82ClFN24O4S. The van der Waals surface area contributed by atoms with Crippen molar-refractivity contribution in [2.24, 2.45) is 14.1 Å². The number of thiophene rings is 1. The van der Waals surface area contributed by atoms with Gasteiger partial charge in [0.15, 0.2) is 11.3 Å². The molecule has 28 nitrogen and oxygen atoms in total. The van der Waals surface area contributed by atoms with E-state index in [2.05, 4.69) is 87.5 Å². The van der Waals surface area contributed by atoms with Gasteiger partial charge in [-0.3, -0.25) is 20.2 Å². The largest absolute Gasteiger partial charge is 0.383 e. The average Bonchev–Trinajstić information content (AvgIpc) is 1.64. The zero-order valence-electron chi connectivity index (χ0n) is 64.4. The quantitative estimate of drug-likeness (QED) is 0.0392. The van der Waals surface area contributed by atoms with Crippen LogP contribution in [0.5, 0.6) is 0 Å². The van der Waals surface area contributed by atoms with Gasteiger partial charge < -0.3 is 33.2 Å². The highest BCUT2D eigenvalue weighted by Crippen LogP contribution is 2.40. The van der Waals surface area contributed by atoms with Gasteiger partial charge in [-0.2, -0.15) is 25.5 Å². The first-order chi connectivity index (χ1) is 53.6. The number of hydrogen-bond acceptors (Lipinski definition) is 19. The lowest BCUT2D eigenvalue weighted by Crippen LogP contribution is -2.24. The van der Waals surface area contributed by atoms with Crippen molar-refractivity contribution in [1.29, 1.82) is 0 Å². The number of carbonyl (C=O) groups excluding carboxylic acids is 4. The van der Waals surface area contributed by atoms with Gasteiger partial charge in [-0.1, -0.05) is 157 Å². The number of benzene rings is 6. The fourth-order valence-corrected chi connectivity index (χ4v) is 13.3. The van der Waals surface area contributed by atoms with Crippen LogP contribution in [0.2, 0.25) is 5.02 Å². The first-order valence-electron chi connectivity index (χ1n) is 35.7. The number of urea groups is 2. The molecular weight excluding hydrogens is 1470 g/mol. The SMILES string of the molecule is Cc1ccc(-n2nc(C(C)(C)C)cc2NC(=O)C(=O)c2ccc(-c3nn(C)c4ncnc(N)c34)cc2)cc1.Cc1ccc(-n2nc(C(C)(C)C)cc2NC(=O)Nc2ccc(-c3csc4ncnc(N)c34)cc2F)cc1.Cc1ccc(-n2nc(C(C)(C)C)cc2NC(=O)Nc2ccc(-c3nn(C)c4ncnc(N)c34)c(Cl)c2)cc1. The fraction of sp³-hybridized carbons (Fsp3) is 0.207. The van der Waals surface area contributed by atoms with Gasteiger partial charge in [-0.05, 0) is 93.1 Å². The Labute approximate surface area is 658 Å². The van der Waals surface area contributed by atoms with Crippen LogP contribution in [0, 0.1) is 26.6 Å². The van der Waals surface area contributed by atoms with Crippen molar-refractivity contribution in [2.75, 3.05) is 43.8 Å². The molecule has 15 aromatic rings. The first kappa shape index (κ1) is 77.5. The number of hydrogen-bond donors (Lipinski definition) is 8. The molecule has 6 aromatic carbocycles. The maximum atomic E-state index is 15.1. The van der Waals surface area contributed by atoms with Crippen LogP contribution < -0.4 is 43.8 Å². The van der Waals surface area contributed by atoms with Crippen molar-refractivity contribution < 1.29 is 23.6 Å². The Hall–Kier alpha value is -13.6. The highest BCUT2D eigenvalue weighted by molar-refractivity contribution is 7.17. The number of nitrogens with zero attached hydrogens (tertiary/aromatic N) is 16. The monoisotopic (exact) mass is 1550 g/mol. The molecule has 0 aliphatic rings. The highest BCUT2D eigenvalue weighted by atomic mass is 35.5. The van der Waals surface area contributed by atoms with E-state index in [1.54, 1.807) is 92.1 Å². The molecule has 0 unspecified atom stereocenters. The van der Waals surface area contributed by atoms with Crippen LogP contribution in [0.4, 0.5) is 60.3 Å². The van der Waals surface area contributed by atoms with Gasteiger partial charge in [-0.25, -0.2) is 67.3 Å². The number of nitrogens with two attached hydrogens (primary N) is 3. The van der Waals surface area contributed by atoms with E-state index in [1.165, 1.54) is 42.5 Å². The number of halogens is 2. The molecule has 0 aliphatic heterocycles. The number of nitrogen functional groups attached to an aromatic ring is 3. The number of aryl methyl sites for hydroxylation is 5. The van der Waals surface area contributed by atoms with Crippen molar-refractivity contribution in [3.05, 3.63) is 226 Å². The summed E-state index contributed by atoms with van der Waals surface area (Å²) < 4.78 is 23.4. The molecule has 31 heteroatoms. The number of Topliss-reactive ketones (excluding diaryl/α,β-unsaturated/α-hetero) is 1. The number of carbonyl (C=O) groups is 4. The second-order valence-electron chi connectivity index (χ2n) is 30.1. The van der Waals surface area contributed by atoms with Crippen LogP contribution in [0.15, 0.2) is 176 Å². The molecule has 9 aromatic heterocycles. The molecule has 0 saturated heterocycles. The number of anilines is 8. The minimum Gasteiger partial charge on any atom is -0.383 e. The van der Waals surface area contributed by atoms with E-state index in [9.17, 15) is 19.2 Å². The molecule has 0 fully saturated rings. The zero-order valence-corrected chi connectivity index (χ0v) is 66.0. The van der Waals surface area contributed by atoms with Crippen molar-refractivity contribution >= 4 is 125 Å². The summed E-state index contributed by atoms with van der Waals surface area (Å²) in [6.07, 6.45) is 4.18. The second-order valence-corrected chi connectivity index (χ2v) is 31.4. The van der Waals surface area contributed by atoms with Crippen molar-refractivity contribution in [2.45, 2.75) is 99.3 Å². The van der Waals surface area contributed by atoms with Gasteiger partial charge in [0.2, 0.25) is 0 Å². The molecule has 0 aliphatic carbocycles. The van der Waals surface area contributed by atoms with Crippen LogP contribution >= 0.6 is 22.9 Å². The topological polar surface area (TPSA) is 373 Å². The molecule has 15 rings (SSSR count). The molecule has 0 atom stereocenters. The summed E-state index contributed by atoms with van der Waals surface area (Å²) in [6, 6.07) is 44.5. The van der Waals surface area contributed by atoms with Crippen molar-refractivity contribution in [3.8, 4) is 50.7 Å². The van der Waals surface area contributed by atoms with Crippen LogP contribution in [0.25, 0.3) is 83.0 Å². The first-order valence-corrected chi connectivity index (χ1v) is 37.0. The number of aromatic nitrogens is 16. The van der Waals surface area contributed by atoms with E-state index in [0.29, 0.717) is 95.6 Å². The zero-order chi connectivity index (χ0) is 80.7. The van der Waals surface area contributed by atoms with E-state index in [-0.39, 0.29) is 27.5 Å². The lowest BCUT2D eigenvalue weighted by molar-refractivity contribution is -0.112. The smallest absolute Gasteiger partial charge is 0.324 e. The Balaban J connectivity index is 0.000000148. The van der Waals surface area contributed by atoms with Gasteiger partial charge in [0.25, 0.3) is 11.7 Å². The third-order valence-corrected chi connectivity index (χ3v) is 19.5. The maximum Gasteiger partial charge on any atom is 0.324 e. The number of fused-ring (bicyclic) bond motifs is 3. The van der Waals surface area contributed by atoms with Gasteiger partial charge in [0.1, 0.15) is 75.9 Å². The molecule has 5 amide bonds. The Bertz CT molecular complexity index is 6140. The van der Waals surface area contributed by atoms with Crippen LogP contribution in [-0.4, -0.2) is 103 Å². The van der Waals surface area contributed by atoms with E-state index in [4.69, 9.17) is 44.1 Å². The summed E-state index contributed by atoms with van der Waals surface area (Å²) in [6.45, 7) is 24.5. The van der Waals surface area contributed by atoms with Gasteiger partial charge in [0, 0.05) is 81.9 Å². The second kappa shape index (κ2) is 31.0. The summed E-state index contributed by atoms with van der Waals surface area (Å²) in [7, 11) is 3.55. The number of rotatable bonds is 13. The number of ketones is 1. The van der Waals surface area contributed by atoms with Crippen molar-refractivity contribution in [1.82, 2.24) is 78.8 Å². The lowest BCUT2D eigenvalue weighted by Gasteiger charge is -2.14. The van der Waals surface area contributed by atoms with Gasteiger partial charge in [-0.15, -0.1) is 11.3 Å². The van der Waals surface area contributed by atoms with Gasteiger partial charge >= 0.3 is 12.1 Å². The van der Waals surface area contributed by atoms with Crippen LogP contribution in [0.3, 0.4) is 0 Å². The summed E-state index contributed by atoms with van der Waals surface area (Å²) >= 11 is 8.03. The molecule has 0 spiro atoms. The lowest BCUT2D eigenvalue weighted by atomic mass is 9.92. The summed E-state index contributed by atoms with van der Waals surface area (Å²) in [5.74, 6) is 0.412. The third-order valence-electron chi connectivity index (χ3n) is 18.3. The normalized spacial score (nSPS) is 11.6.